The van der Waals surface area contributed by atoms with Crippen LogP contribution >= 0.6 is 11.8 Å². The molecule has 11 heteroatoms. The van der Waals surface area contributed by atoms with E-state index in [-0.39, 0.29) is 11.1 Å². The maximum atomic E-state index is 12.9. The van der Waals surface area contributed by atoms with Gasteiger partial charge >= 0.3 is 0 Å². The molecule has 0 saturated carbocycles. The number of hydrogen-bond donors (Lipinski definition) is 1. The van der Waals surface area contributed by atoms with Crippen LogP contribution < -0.4 is 11.1 Å². The van der Waals surface area contributed by atoms with E-state index >= 15 is 0 Å². The molecule has 4 heterocycles. The minimum atomic E-state index is -0.258. The van der Waals surface area contributed by atoms with Gasteiger partial charge in [0.15, 0.2) is 10.8 Å². The number of H-pyrrole nitrogens is 1. The third-order valence-electron chi connectivity index (χ3n) is 5.65. The number of aromatic nitrogens is 8. The molecule has 0 unspecified atom stereocenters. The molecule has 0 amide bonds. The summed E-state index contributed by atoms with van der Waals surface area (Å²) in [5.74, 6) is 1.53. The molecule has 1 N–H and O–H groups in total. The number of rotatable bonds is 5. The maximum Gasteiger partial charge on any atom is 0.262 e. The van der Waals surface area contributed by atoms with E-state index in [2.05, 4.69) is 25.3 Å². The van der Waals surface area contributed by atoms with Gasteiger partial charge in [0.2, 0.25) is 5.78 Å². The van der Waals surface area contributed by atoms with Crippen molar-refractivity contribution in [1.29, 1.82) is 0 Å². The standard InChI is InChI=1S/C23H18N8O2S/c1-2-29-21(33)15-10-6-7-11-17(15)30-18(27-28-23(29)30)13-34-22-25-19-16(20(32)26-22)12-24-31(19)14-8-4-3-5-9-14/h3-12H,2,13H2,1H3,(H,25,26,32). The Morgan fingerprint density at radius 3 is 2.59 bits per heavy atom. The summed E-state index contributed by atoms with van der Waals surface area (Å²) >= 11 is 1.34. The molecule has 0 radical (unpaired) electrons. The highest BCUT2D eigenvalue weighted by molar-refractivity contribution is 7.98. The topological polar surface area (TPSA) is 116 Å². The fourth-order valence-corrected chi connectivity index (χ4v) is 4.82. The molecular weight excluding hydrogens is 452 g/mol. The first-order valence-corrected chi connectivity index (χ1v) is 11.7. The van der Waals surface area contributed by atoms with Gasteiger partial charge in [-0.2, -0.15) is 5.10 Å². The van der Waals surface area contributed by atoms with Gasteiger partial charge in [0.25, 0.3) is 11.1 Å². The zero-order valence-corrected chi connectivity index (χ0v) is 18.9. The van der Waals surface area contributed by atoms with Crippen molar-refractivity contribution in [3.8, 4) is 5.69 Å². The van der Waals surface area contributed by atoms with Crippen LogP contribution in [0.5, 0.6) is 0 Å². The van der Waals surface area contributed by atoms with Crippen LogP contribution in [0, 0.1) is 0 Å². The second-order valence-corrected chi connectivity index (χ2v) is 8.57. The van der Waals surface area contributed by atoms with Gasteiger partial charge in [-0.25, -0.2) is 9.67 Å². The zero-order valence-electron chi connectivity index (χ0n) is 18.0. The summed E-state index contributed by atoms with van der Waals surface area (Å²) in [7, 11) is 0. The van der Waals surface area contributed by atoms with E-state index in [9.17, 15) is 9.59 Å². The predicted octanol–water partition coefficient (Wildman–Crippen LogP) is 2.78. The molecule has 0 aliphatic heterocycles. The summed E-state index contributed by atoms with van der Waals surface area (Å²) in [5, 5.41) is 14.4. The van der Waals surface area contributed by atoms with Crippen LogP contribution in [0.4, 0.5) is 0 Å². The first-order chi connectivity index (χ1) is 16.7. The molecule has 0 saturated heterocycles. The van der Waals surface area contributed by atoms with Crippen LogP contribution in [-0.4, -0.2) is 38.9 Å². The van der Waals surface area contributed by atoms with Gasteiger partial charge in [-0.15, -0.1) is 10.2 Å². The number of aromatic amines is 1. The number of aryl methyl sites for hydroxylation is 1. The Morgan fingerprint density at radius 1 is 0.971 bits per heavy atom. The molecule has 0 spiro atoms. The molecule has 6 rings (SSSR count). The van der Waals surface area contributed by atoms with Gasteiger partial charge in [0.05, 0.1) is 28.5 Å². The lowest BCUT2D eigenvalue weighted by Gasteiger charge is -2.09. The van der Waals surface area contributed by atoms with Gasteiger partial charge in [-0.05, 0) is 31.2 Å². The summed E-state index contributed by atoms with van der Waals surface area (Å²) in [4.78, 5) is 33.0. The number of nitrogens with one attached hydrogen (secondary N) is 1. The molecule has 4 aromatic heterocycles. The van der Waals surface area contributed by atoms with Crippen LogP contribution in [0.2, 0.25) is 0 Å². The van der Waals surface area contributed by atoms with Gasteiger partial charge in [-0.1, -0.05) is 42.1 Å². The first-order valence-electron chi connectivity index (χ1n) is 10.7. The van der Waals surface area contributed by atoms with Crippen LogP contribution in [0.3, 0.4) is 0 Å². The molecule has 0 aliphatic rings. The van der Waals surface area contributed by atoms with E-state index in [1.54, 1.807) is 15.3 Å². The highest BCUT2D eigenvalue weighted by Gasteiger charge is 2.17. The normalized spacial score (nSPS) is 11.7. The summed E-state index contributed by atoms with van der Waals surface area (Å²) in [6.07, 6.45) is 1.52. The summed E-state index contributed by atoms with van der Waals surface area (Å²) in [5.41, 5.74) is 1.69. The van der Waals surface area contributed by atoms with Crippen molar-refractivity contribution in [2.24, 2.45) is 0 Å². The minimum Gasteiger partial charge on any atom is -0.301 e. The van der Waals surface area contributed by atoms with E-state index in [4.69, 9.17) is 0 Å². The Morgan fingerprint density at radius 2 is 1.76 bits per heavy atom. The molecule has 2 aromatic carbocycles. The number of hydrogen-bond acceptors (Lipinski definition) is 7. The molecule has 0 aliphatic carbocycles. The summed E-state index contributed by atoms with van der Waals surface area (Å²) in [6.45, 7) is 2.38. The number of thioether (sulfide) groups is 1. The molecule has 10 nitrogen and oxygen atoms in total. The first kappa shape index (κ1) is 20.4. The van der Waals surface area contributed by atoms with Gasteiger partial charge < -0.3 is 4.98 Å². The highest BCUT2D eigenvalue weighted by Crippen LogP contribution is 2.22. The molecular formula is C23H18N8O2S. The Bertz CT molecular complexity index is 1800. The molecule has 0 fully saturated rings. The van der Waals surface area contributed by atoms with E-state index < -0.39 is 0 Å². The molecule has 0 atom stereocenters. The van der Waals surface area contributed by atoms with Gasteiger partial charge in [-0.3, -0.25) is 18.6 Å². The van der Waals surface area contributed by atoms with Crippen LogP contribution in [0.15, 0.2) is 75.5 Å². The predicted molar refractivity (Wildman–Crippen MR) is 129 cm³/mol. The van der Waals surface area contributed by atoms with Crippen molar-refractivity contribution in [2.75, 3.05) is 0 Å². The fourth-order valence-electron chi connectivity index (χ4n) is 4.05. The van der Waals surface area contributed by atoms with Crippen LogP contribution in [0.1, 0.15) is 12.7 Å². The van der Waals surface area contributed by atoms with Crippen molar-refractivity contribution in [3.63, 3.8) is 0 Å². The lowest BCUT2D eigenvalue weighted by Crippen LogP contribution is -2.22. The fraction of sp³-hybridized carbons (Fsp3) is 0.130. The number of nitrogens with zero attached hydrogens (tertiary/aromatic N) is 7. The average molecular weight is 471 g/mol. The van der Waals surface area contributed by atoms with Gasteiger partial charge in [0, 0.05) is 6.54 Å². The smallest absolute Gasteiger partial charge is 0.262 e. The largest absolute Gasteiger partial charge is 0.301 e. The lowest BCUT2D eigenvalue weighted by atomic mass is 10.2. The van der Waals surface area contributed by atoms with Crippen LogP contribution in [0.25, 0.3) is 33.4 Å². The second kappa shape index (κ2) is 7.96. The van der Waals surface area contributed by atoms with Crippen molar-refractivity contribution in [1.82, 2.24) is 38.9 Å². The Kier molecular flexibility index (Phi) is 4.77. The van der Waals surface area contributed by atoms with E-state index in [0.29, 0.717) is 45.5 Å². The highest BCUT2D eigenvalue weighted by atomic mass is 32.2. The van der Waals surface area contributed by atoms with Crippen molar-refractivity contribution >= 4 is 39.5 Å². The molecule has 168 valence electrons. The van der Waals surface area contributed by atoms with E-state index in [1.807, 2.05) is 59.9 Å². The second-order valence-electron chi connectivity index (χ2n) is 7.61. The monoisotopic (exact) mass is 470 g/mol. The molecule has 34 heavy (non-hydrogen) atoms. The van der Waals surface area contributed by atoms with Crippen LogP contribution in [-0.2, 0) is 12.3 Å². The number of fused-ring (bicyclic) bond motifs is 4. The molecule has 0 bridgehead atoms. The van der Waals surface area contributed by atoms with Crippen molar-refractivity contribution in [2.45, 2.75) is 24.4 Å². The zero-order chi connectivity index (χ0) is 23.2. The third-order valence-corrected chi connectivity index (χ3v) is 6.52. The third kappa shape index (κ3) is 3.12. The van der Waals surface area contributed by atoms with Crippen molar-refractivity contribution in [3.05, 3.63) is 87.3 Å². The Balaban J connectivity index is 1.43. The quantitative estimate of drug-likeness (QED) is 0.304. The Labute approximate surface area is 195 Å². The lowest BCUT2D eigenvalue weighted by molar-refractivity contribution is 0.735. The van der Waals surface area contributed by atoms with E-state index in [0.717, 1.165) is 11.2 Å². The van der Waals surface area contributed by atoms with Gasteiger partial charge in [0.1, 0.15) is 11.2 Å². The van der Waals surface area contributed by atoms with Crippen molar-refractivity contribution < 1.29 is 0 Å². The maximum absolute atomic E-state index is 12.9. The summed E-state index contributed by atoms with van der Waals surface area (Å²) < 4.78 is 5.14. The Hall–Kier alpha value is -4.25. The average Bonchev–Trinajstić information content (AvgIpc) is 3.49. The summed E-state index contributed by atoms with van der Waals surface area (Å²) in [6, 6.07) is 16.9. The minimum absolute atomic E-state index is 0.0946. The SMILES string of the molecule is CCn1c(=O)c2ccccc2n2c(CSc3nc4c(cnn4-c4ccccc4)c(=O)[nH]3)nnc12. The molecule has 6 aromatic rings. The van der Waals surface area contributed by atoms with E-state index in [1.165, 1.54) is 18.0 Å². The number of benzene rings is 2. The number of para-hydroxylation sites is 2.